The third kappa shape index (κ3) is 2.26. The van der Waals surface area contributed by atoms with Crippen molar-refractivity contribution in [2.45, 2.75) is 51.4 Å². The van der Waals surface area contributed by atoms with E-state index >= 15 is 0 Å². The normalized spacial score (nSPS) is 35.2. The number of hydrogen-bond acceptors (Lipinski definition) is 2. The minimum absolute atomic E-state index is 0.0221. The van der Waals surface area contributed by atoms with Crippen molar-refractivity contribution in [3.63, 3.8) is 0 Å². The third-order valence-corrected chi connectivity index (χ3v) is 6.77. The number of carbonyl (C=O) groups is 1. The van der Waals surface area contributed by atoms with Crippen molar-refractivity contribution < 1.29 is 9.53 Å². The molecular formula is C21H26O2. The summed E-state index contributed by atoms with van der Waals surface area (Å²) in [6.45, 7) is 6.51. The van der Waals surface area contributed by atoms with Crippen molar-refractivity contribution in [1.82, 2.24) is 0 Å². The monoisotopic (exact) mass is 310 g/mol. The third-order valence-electron chi connectivity index (χ3n) is 6.77. The minimum Gasteiger partial charge on any atom is -0.490 e. The first-order valence-electron chi connectivity index (χ1n) is 9.03. The van der Waals surface area contributed by atoms with E-state index in [1.165, 1.54) is 24.0 Å². The molecule has 0 spiro atoms. The van der Waals surface area contributed by atoms with Crippen molar-refractivity contribution in [1.29, 1.82) is 0 Å². The van der Waals surface area contributed by atoms with Gasteiger partial charge in [-0.2, -0.15) is 0 Å². The molecule has 23 heavy (non-hydrogen) atoms. The fourth-order valence-corrected chi connectivity index (χ4v) is 5.57. The van der Waals surface area contributed by atoms with E-state index in [2.05, 4.69) is 31.7 Å². The lowest BCUT2D eigenvalue weighted by molar-refractivity contribution is -0.129. The lowest BCUT2D eigenvalue weighted by atomic mass is 9.55. The van der Waals surface area contributed by atoms with E-state index in [9.17, 15) is 4.79 Å². The van der Waals surface area contributed by atoms with Crippen LogP contribution in [0.1, 0.15) is 56.1 Å². The Morgan fingerprint density at radius 2 is 2.17 bits per heavy atom. The van der Waals surface area contributed by atoms with E-state index in [1.807, 2.05) is 0 Å². The Hall–Kier alpha value is -1.57. The van der Waals surface area contributed by atoms with E-state index in [1.54, 1.807) is 6.08 Å². The van der Waals surface area contributed by atoms with Crippen LogP contribution in [0.5, 0.6) is 5.75 Å². The van der Waals surface area contributed by atoms with Gasteiger partial charge in [0.05, 0.1) is 0 Å². The highest BCUT2D eigenvalue weighted by atomic mass is 16.5. The topological polar surface area (TPSA) is 26.3 Å². The Bertz CT molecular complexity index is 647. The number of hydrogen-bond donors (Lipinski definition) is 0. The van der Waals surface area contributed by atoms with Crippen molar-refractivity contribution in [2.24, 2.45) is 17.3 Å². The van der Waals surface area contributed by atoms with Gasteiger partial charge >= 0.3 is 0 Å². The van der Waals surface area contributed by atoms with Crippen molar-refractivity contribution >= 4 is 5.78 Å². The quantitative estimate of drug-likeness (QED) is 0.758. The molecule has 2 heteroatoms. The van der Waals surface area contributed by atoms with Crippen LogP contribution in [0.4, 0.5) is 0 Å². The highest BCUT2D eigenvalue weighted by molar-refractivity contribution is 5.87. The molecule has 2 saturated carbocycles. The summed E-state index contributed by atoms with van der Waals surface area (Å²) in [5.41, 5.74) is 2.96. The van der Waals surface area contributed by atoms with Gasteiger partial charge in [-0.25, -0.2) is 0 Å². The number of carbonyl (C=O) groups excluding carboxylic acids is 1. The average molecular weight is 310 g/mol. The first-order valence-corrected chi connectivity index (χ1v) is 9.03. The minimum atomic E-state index is -0.0221. The van der Waals surface area contributed by atoms with Crippen LogP contribution in [0.25, 0.3) is 0 Å². The molecule has 2 fully saturated rings. The van der Waals surface area contributed by atoms with Crippen molar-refractivity contribution in [3.8, 4) is 5.75 Å². The molecule has 0 unspecified atom stereocenters. The largest absolute Gasteiger partial charge is 0.490 e. The maximum absolute atomic E-state index is 12.4. The number of ether oxygens (including phenoxy) is 1. The Labute approximate surface area is 138 Å². The van der Waals surface area contributed by atoms with Crippen LogP contribution in [0, 0.1) is 17.3 Å². The number of ketones is 1. The van der Waals surface area contributed by atoms with Crippen LogP contribution < -0.4 is 4.74 Å². The Kier molecular flexibility index (Phi) is 3.59. The molecular weight excluding hydrogens is 284 g/mol. The average Bonchev–Trinajstić information content (AvgIpc) is 2.88. The lowest BCUT2D eigenvalue weighted by Crippen LogP contribution is -2.42. The van der Waals surface area contributed by atoms with E-state index in [0.717, 1.165) is 31.4 Å². The highest BCUT2D eigenvalue weighted by Crippen LogP contribution is 2.59. The van der Waals surface area contributed by atoms with E-state index in [0.29, 0.717) is 30.1 Å². The summed E-state index contributed by atoms with van der Waals surface area (Å²) in [4.78, 5) is 12.4. The maximum atomic E-state index is 12.4. The summed E-state index contributed by atoms with van der Waals surface area (Å²) in [6, 6.07) is 6.62. The van der Waals surface area contributed by atoms with Crippen molar-refractivity contribution in [3.05, 3.63) is 42.0 Å². The number of Topliss-reactive ketones (excluding diaryl/α,β-unsaturated/α-hetero) is 1. The fraction of sp³-hybridized carbons (Fsp3) is 0.571. The van der Waals surface area contributed by atoms with Crippen LogP contribution in [0.15, 0.2) is 30.9 Å². The summed E-state index contributed by atoms with van der Waals surface area (Å²) in [6.07, 6.45) is 8.32. The SMILES string of the molecule is C=CCOc1ccc2c(c1)CC[C@H]1[C@@H]2CC[C@]2(C)C(=O)CC[C@@H]12. The molecule has 0 heterocycles. The summed E-state index contributed by atoms with van der Waals surface area (Å²) >= 11 is 0. The molecule has 1 aromatic rings. The van der Waals surface area contributed by atoms with Gasteiger partial charge in [0.25, 0.3) is 0 Å². The van der Waals surface area contributed by atoms with E-state index in [4.69, 9.17) is 4.74 Å². The van der Waals surface area contributed by atoms with Crippen LogP contribution >= 0.6 is 0 Å². The molecule has 0 amide bonds. The molecule has 0 saturated heterocycles. The molecule has 3 aliphatic rings. The molecule has 1 aromatic carbocycles. The molecule has 0 N–H and O–H groups in total. The molecule has 4 atom stereocenters. The van der Waals surface area contributed by atoms with E-state index < -0.39 is 0 Å². The summed E-state index contributed by atoms with van der Waals surface area (Å²) in [5, 5.41) is 0. The summed E-state index contributed by atoms with van der Waals surface area (Å²) < 4.78 is 5.69. The first-order chi connectivity index (χ1) is 11.1. The van der Waals surface area contributed by atoms with Gasteiger partial charge in [0.2, 0.25) is 0 Å². The van der Waals surface area contributed by atoms with Gasteiger partial charge in [-0.1, -0.05) is 25.6 Å². The zero-order valence-corrected chi connectivity index (χ0v) is 14.0. The van der Waals surface area contributed by atoms with Gasteiger partial charge in [-0.05, 0) is 73.1 Å². The predicted molar refractivity (Wildman–Crippen MR) is 91.8 cm³/mol. The Balaban J connectivity index is 1.62. The highest BCUT2D eigenvalue weighted by Gasteiger charge is 2.54. The Morgan fingerprint density at radius 1 is 1.30 bits per heavy atom. The molecule has 0 aromatic heterocycles. The number of rotatable bonds is 3. The number of aryl methyl sites for hydroxylation is 1. The molecule has 3 aliphatic carbocycles. The molecule has 122 valence electrons. The molecule has 0 radical (unpaired) electrons. The second-order valence-corrected chi connectivity index (χ2v) is 7.79. The van der Waals surface area contributed by atoms with Crippen molar-refractivity contribution in [2.75, 3.05) is 6.61 Å². The second-order valence-electron chi connectivity index (χ2n) is 7.79. The van der Waals surface area contributed by atoms with Gasteiger partial charge in [0.15, 0.2) is 0 Å². The predicted octanol–water partition coefficient (Wildman–Crippen LogP) is 4.68. The smallest absolute Gasteiger partial charge is 0.139 e. The number of benzene rings is 1. The lowest BCUT2D eigenvalue weighted by Gasteiger charge is -2.48. The molecule has 4 rings (SSSR count). The van der Waals surface area contributed by atoms with Gasteiger partial charge < -0.3 is 4.74 Å². The van der Waals surface area contributed by atoms with Crippen LogP contribution in [-0.2, 0) is 11.2 Å². The number of fused-ring (bicyclic) bond motifs is 5. The van der Waals surface area contributed by atoms with Crippen LogP contribution in [0.3, 0.4) is 0 Å². The maximum Gasteiger partial charge on any atom is 0.139 e. The zero-order chi connectivity index (χ0) is 16.0. The first kappa shape index (κ1) is 15.0. The molecule has 0 aliphatic heterocycles. The molecule has 2 nitrogen and oxygen atoms in total. The summed E-state index contributed by atoms with van der Waals surface area (Å²) in [5.74, 6) is 3.45. The molecule has 0 bridgehead atoms. The van der Waals surface area contributed by atoms with Gasteiger partial charge in [-0.15, -0.1) is 0 Å². The second kappa shape index (κ2) is 5.51. The van der Waals surface area contributed by atoms with Gasteiger partial charge in [0, 0.05) is 11.8 Å². The van der Waals surface area contributed by atoms with Crippen LogP contribution in [0.2, 0.25) is 0 Å². The standard InChI is InChI=1S/C21H26O2/c1-3-12-23-15-5-7-16-14(13-15)4-6-18-17(16)10-11-21(2)19(18)8-9-20(21)22/h3,5,7,13,17-19H,1,4,6,8-12H2,2H3/t17-,18+,19+,21+/m1/s1. The van der Waals surface area contributed by atoms with Gasteiger partial charge in [-0.3, -0.25) is 4.79 Å². The van der Waals surface area contributed by atoms with E-state index in [-0.39, 0.29) is 5.41 Å². The zero-order valence-electron chi connectivity index (χ0n) is 14.0. The Morgan fingerprint density at radius 3 is 3.00 bits per heavy atom. The van der Waals surface area contributed by atoms with Crippen LogP contribution in [-0.4, -0.2) is 12.4 Å². The fourth-order valence-electron chi connectivity index (χ4n) is 5.57. The summed E-state index contributed by atoms with van der Waals surface area (Å²) in [7, 11) is 0. The van der Waals surface area contributed by atoms with Gasteiger partial charge in [0.1, 0.15) is 18.1 Å².